The predicted molar refractivity (Wildman–Crippen MR) is 38.4 cm³/mol. The van der Waals surface area contributed by atoms with Crippen molar-refractivity contribution in [3.8, 4) is 0 Å². The Bertz CT molecular complexity index is 185. The van der Waals surface area contributed by atoms with Gasteiger partial charge in [0.15, 0.2) is 0 Å². The van der Waals surface area contributed by atoms with Crippen LogP contribution in [0.5, 0.6) is 0 Å². The Morgan fingerprint density at radius 1 is 1.56 bits per heavy atom. The van der Waals surface area contributed by atoms with Gasteiger partial charge in [-0.15, -0.1) is 0 Å². The summed E-state index contributed by atoms with van der Waals surface area (Å²) in [6, 6.07) is 1.11. The first-order valence-electron chi connectivity index (χ1n) is 3.08. The molecule has 52 valence electrons. The van der Waals surface area contributed by atoms with Crippen LogP contribution in [0.25, 0.3) is 0 Å². The van der Waals surface area contributed by atoms with Crippen LogP contribution >= 0.6 is 0 Å². The van der Waals surface area contributed by atoms with Crippen LogP contribution in [0.1, 0.15) is 13.3 Å². The molecule has 2 nitrogen and oxygen atoms in total. The molecule has 0 aliphatic carbocycles. The topological polar surface area (TPSA) is 34.1 Å². The van der Waals surface area contributed by atoms with E-state index < -0.39 is 9.84 Å². The van der Waals surface area contributed by atoms with Gasteiger partial charge in [0.1, 0.15) is 9.84 Å². The lowest BCUT2D eigenvalue weighted by Gasteiger charge is -2.16. The highest BCUT2D eigenvalue weighted by molar-refractivity contribution is 7.93. The summed E-state index contributed by atoms with van der Waals surface area (Å²) in [5.41, 5.74) is 0. The number of rotatable bonds is 0. The van der Waals surface area contributed by atoms with E-state index in [9.17, 15) is 8.42 Å². The average molecular weight is 162 g/mol. The zero-order chi connectivity index (χ0) is 6.91. The zero-order valence-corrected chi connectivity index (χ0v) is 7.24. The summed E-state index contributed by atoms with van der Waals surface area (Å²) in [5, 5.41) is 0. The lowest BCUT2D eigenvalue weighted by atomic mass is 10.6. The van der Waals surface area contributed by atoms with E-state index in [0.717, 1.165) is 12.5 Å². The van der Waals surface area contributed by atoms with Gasteiger partial charge in [-0.05, 0) is 6.42 Å². The van der Waals surface area contributed by atoms with E-state index in [1.807, 2.05) is 6.92 Å². The molecule has 0 saturated carbocycles. The molecule has 1 rings (SSSR count). The molecule has 0 aromatic carbocycles. The van der Waals surface area contributed by atoms with Crippen LogP contribution in [0.4, 0.5) is 0 Å². The normalized spacial score (nSPS) is 34.1. The van der Waals surface area contributed by atoms with Crippen molar-refractivity contribution in [3.05, 3.63) is 0 Å². The first-order chi connectivity index (χ1) is 4.13. The molecule has 2 radical (unpaired) electrons. The standard InChI is InChI=1S/C5H10O2SSi/c1-5-8(6,7)3-2-4-9-5/h5H,2-4H2,1H3. The highest BCUT2D eigenvalue weighted by Crippen LogP contribution is 2.12. The Labute approximate surface area is 58.4 Å². The Morgan fingerprint density at radius 2 is 2.22 bits per heavy atom. The molecule has 0 bridgehead atoms. The minimum atomic E-state index is -2.65. The van der Waals surface area contributed by atoms with Gasteiger partial charge in [-0.3, -0.25) is 0 Å². The maximum absolute atomic E-state index is 11.0. The van der Waals surface area contributed by atoms with Crippen molar-refractivity contribution in [2.75, 3.05) is 5.75 Å². The molecule has 4 heteroatoms. The lowest BCUT2D eigenvalue weighted by molar-refractivity contribution is 0.590. The van der Waals surface area contributed by atoms with Gasteiger partial charge in [-0.2, -0.15) is 0 Å². The Morgan fingerprint density at radius 3 is 2.56 bits per heavy atom. The molecule has 1 aliphatic rings. The largest absolute Gasteiger partial charge is 0.229 e. The second-order valence-electron chi connectivity index (χ2n) is 2.32. The van der Waals surface area contributed by atoms with Crippen molar-refractivity contribution in [2.24, 2.45) is 0 Å². The summed E-state index contributed by atoms with van der Waals surface area (Å²) in [6.45, 7) is 1.81. The van der Waals surface area contributed by atoms with Crippen molar-refractivity contribution in [1.29, 1.82) is 0 Å². The molecule has 1 fully saturated rings. The third kappa shape index (κ3) is 1.55. The van der Waals surface area contributed by atoms with E-state index in [0.29, 0.717) is 15.3 Å². The molecule has 9 heavy (non-hydrogen) atoms. The maximum atomic E-state index is 11.0. The van der Waals surface area contributed by atoms with Crippen LogP contribution in [-0.2, 0) is 9.84 Å². The van der Waals surface area contributed by atoms with E-state index in [4.69, 9.17) is 0 Å². The Balaban J connectivity index is 2.72. The first-order valence-corrected chi connectivity index (χ1v) is 6.08. The molecule has 1 unspecified atom stereocenters. The van der Waals surface area contributed by atoms with Crippen molar-refractivity contribution in [3.63, 3.8) is 0 Å². The molecular weight excluding hydrogens is 152 g/mol. The minimum Gasteiger partial charge on any atom is -0.229 e. The quantitative estimate of drug-likeness (QED) is 0.479. The number of sulfone groups is 1. The van der Waals surface area contributed by atoms with Crippen molar-refractivity contribution in [1.82, 2.24) is 0 Å². The van der Waals surface area contributed by atoms with Crippen LogP contribution < -0.4 is 0 Å². The Kier molecular flexibility index (Phi) is 1.96. The van der Waals surface area contributed by atoms with Gasteiger partial charge in [-0.25, -0.2) is 8.42 Å². The SMILES string of the molecule is CC1[Si]CCCS1(=O)=O. The highest BCUT2D eigenvalue weighted by atomic mass is 32.2. The van der Waals surface area contributed by atoms with E-state index in [-0.39, 0.29) is 4.87 Å². The fraction of sp³-hybridized carbons (Fsp3) is 1.00. The maximum Gasteiger partial charge on any atom is 0.149 e. The van der Waals surface area contributed by atoms with Gasteiger partial charge in [-0.1, -0.05) is 13.0 Å². The van der Waals surface area contributed by atoms with E-state index in [1.165, 1.54) is 0 Å². The van der Waals surface area contributed by atoms with Crippen molar-refractivity contribution in [2.45, 2.75) is 24.3 Å². The van der Waals surface area contributed by atoms with Crippen molar-refractivity contribution >= 4 is 19.4 Å². The van der Waals surface area contributed by atoms with Crippen molar-refractivity contribution < 1.29 is 8.42 Å². The molecule has 0 N–H and O–H groups in total. The number of hydrogen-bond acceptors (Lipinski definition) is 2. The van der Waals surface area contributed by atoms with Crippen LogP contribution in [0.15, 0.2) is 0 Å². The third-order valence-corrected chi connectivity index (χ3v) is 6.31. The summed E-state index contributed by atoms with van der Waals surface area (Å²) in [5.74, 6) is 0.418. The molecular formula is C5H10O2SSi. The summed E-state index contributed by atoms with van der Waals surface area (Å²) in [6.07, 6.45) is 0.880. The van der Waals surface area contributed by atoms with Gasteiger partial charge < -0.3 is 0 Å². The van der Waals surface area contributed by atoms with Gasteiger partial charge in [0.25, 0.3) is 0 Å². The lowest BCUT2D eigenvalue weighted by Crippen LogP contribution is -2.31. The molecule has 1 atom stereocenters. The van der Waals surface area contributed by atoms with Crippen LogP contribution in [0.2, 0.25) is 6.04 Å². The predicted octanol–water partition coefficient (Wildman–Crippen LogP) is 0.273. The molecule has 1 heterocycles. The smallest absolute Gasteiger partial charge is 0.149 e. The molecule has 0 spiro atoms. The summed E-state index contributed by atoms with van der Waals surface area (Å²) < 4.78 is 22.0. The summed E-state index contributed by atoms with van der Waals surface area (Å²) in [4.78, 5) is -0.0498. The summed E-state index contributed by atoms with van der Waals surface area (Å²) >= 11 is 0. The molecule has 1 saturated heterocycles. The van der Waals surface area contributed by atoms with Gasteiger partial charge >= 0.3 is 0 Å². The van der Waals surface area contributed by atoms with E-state index in [1.54, 1.807) is 0 Å². The second-order valence-corrected chi connectivity index (χ2v) is 6.95. The van der Waals surface area contributed by atoms with Gasteiger partial charge in [0, 0.05) is 10.6 Å². The molecule has 1 aliphatic heterocycles. The monoisotopic (exact) mass is 162 g/mol. The molecule has 0 aromatic rings. The molecule has 0 amide bonds. The van der Waals surface area contributed by atoms with E-state index in [2.05, 4.69) is 0 Å². The summed E-state index contributed by atoms with van der Waals surface area (Å²) in [7, 11) is -2.01. The zero-order valence-electron chi connectivity index (χ0n) is 5.42. The molecule has 0 aromatic heterocycles. The minimum absolute atomic E-state index is 0.0498. The average Bonchev–Trinajstić information content (AvgIpc) is 1.77. The highest BCUT2D eigenvalue weighted by Gasteiger charge is 2.24. The fourth-order valence-corrected chi connectivity index (χ4v) is 4.55. The van der Waals surface area contributed by atoms with Crippen LogP contribution in [-0.4, -0.2) is 28.6 Å². The first kappa shape index (κ1) is 7.28. The van der Waals surface area contributed by atoms with Gasteiger partial charge in [0.05, 0.1) is 9.52 Å². The van der Waals surface area contributed by atoms with Gasteiger partial charge in [0.2, 0.25) is 0 Å². The van der Waals surface area contributed by atoms with Crippen LogP contribution in [0, 0.1) is 0 Å². The second kappa shape index (κ2) is 2.42. The Hall–Kier alpha value is 0.167. The van der Waals surface area contributed by atoms with E-state index >= 15 is 0 Å². The third-order valence-electron chi connectivity index (χ3n) is 1.58. The fourth-order valence-electron chi connectivity index (χ4n) is 0.882. The van der Waals surface area contributed by atoms with Crippen LogP contribution in [0.3, 0.4) is 0 Å². The number of hydrogen-bond donors (Lipinski definition) is 0.